The van der Waals surface area contributed by atoms with Gasteiger partial charge in [-0.15, -0.1) is 11.3 Å². The molecule has 0 aliphatic rings. The Morgan fingerprint density at radius 1 is 1.40 bits per heavy atom. The first-order chi connectivity index (χ1) is 9.65. The molecule has 2 heterocycles. The fraction of sp³-hybridized carbons (Fsp3) is 0.214. The summed E-state index contributed by atoms with van der Waals surface area (Å²) in [5.41, 5.74) is 1.83. The standard InChI is InChI=1S/C14H13N3O2S/c1-9-15-8-12(20-9)14-16-10-4-2-3-5-11(10)17(14)7-6-13(18)19/h2-5,8H,6-7H2,1H3,(H,18,19). The lowest BCUT2D eigenvalue weighted by Crippen LogP contribution is -2.05. The van der Waals surface area contributed by atoms with Gasteiger partial charge in [-0.3, -0.25) is 4.79 Å². The van der Waals surface area contributed by atoms with E-state index in [1.807, 2.05) is 35.8 Å². The van der Waals surface area contributed by atoms with Crippen molar-refractivity contribution in [1.82, 2.24) is 14.5 Å². The first-order valence-electron chi connectivity index (χ1n) is 6.25. The maximum absolute atomic E-state index is 10.8. The third-order valence-electron chi connectivity index (χ3n) is 3.05. The van der Waals surface area contributed by atoms with Crippen molar-refractivity contribution in [3.63, 3.8) is 0 Å². The third kappa shape index (κ3) is 2.30. The maximum Gasteiger partial charge on any atom is 0.305 e. The van der Waals surface area contributed by atoms with Gasteiger partial charge in [-0.2, -0.15) is 0 Å². The van der Waals surface area contributed by atoms with E-state index in [0.29, 0.717) is 6.54 Å². The Kier molecular flexibility index (Phi) is 3.23. The average Bonchev–Trinajstić information content (AvgIpc) is 2.99. The molecule has 0 amide bonds. The zero-order chi connectivity index (χ0) is 14.1. The SMILES string of the molecule is Cc1ncc(-c2nc3ccccc3n2CCC(=O)O)s1. The number of aromatic nitrogens is 3. The van der Waals surface area contributed by atoms with Crippen molar-refractivity contribution in [3.05, 3.63) is 35.5 Å². The van der Waals surface area contributed by atoms with Crippen LogP contribution in [0.25, 0.3) is 21.7 Å². The van der Waals surface area contributed by atoms with Gasteiger partial charge in [-0.05, 0) is 19.1 Å². The molecule has 5 nitrogen and oxygen atoms in total. The lowest BCUT2D eigenvalue weighted by Gasteiger charge is -2.05. The molecule has 1 N–H and O–H groups in total. The Morgan fingerprint density at radius 3 is 2.90 bits per heavy atom. The van der Waals surface area contributed by atoms with Gasteiger partial charge in [-0.1, -0.05) is 12.1 Å². The van der Waals surface area contributed by atoms with Gasteiger partial charge < -0.3 is 9.67 Å². The molecule has 2 aromatic heterocycles. The van der Waals surface area contributed by atoms with Crippen LogP contribution >= 0.6 is 11.3 Å². The molecule has 0 saturated carbocycles. The minimum absolute atomic E-state index is 0.0745. The highest BCUT2D eigenvalue weighted by atomic mass is 32.1. The Morgan fingerprint density at radius 2 is 2.20 bits per heavy atom. The zero-order valence-electron chi connectivity index (χ0n) is 10.9. The molecule has 0 fully saturated rings. The highest BCUT2D eigenvalue weighted by Crippen LogP contribution is 2.29. The molecule has 0 unspecified atom stereocenters. The molecule has 0 spiro atoms. The van der Waals surface area contributed by atoms with Crippen LogP contribution in [-0.4, -0.2) is 25.6 Å². The number of thiazole rings is 1. The van der Waals surface area contributed by atoms with Crippen molar-refractivity contribution in [2.24, 2.45) is 0 Å². The number of fused-ring (bicyclic) bond motifs is 1. The second kappa shape index (κ2) is 5.05. The van der Waals surface area contributed by atoms with E-state index in [1.54, 1.807) is 17.5 Å². The number of benzene rings is 1. The Bertz CT molecular complexity index is 776. The predicted molar refractivity (Wildman–Crippen MR) is 77.8 cm³/mol. The first kappa shape index (κ1) is 12.8. The summed E-state index contributed by atoms with van der Waals surface area (Å²) in [6, 6.07) is 7.76. The molecule has 0 radical (unpaired) electrons. The second-order valence-electron chi connectivity index (χ2n) is 4.46. The molecule has 3 aromatic rings. The van der Waals surface area contributed by atoms with Gasteiger partial charge in [0.05, 0.1) is 27.3 Å². The van der Waals surface area contributed by atoms with Crippen molar-refractivity contribution in [2.45, 2.75) is 19.9 Å². The minimum Gasteiger partial charge on any atom is -0.481 e. The van der Waals surface area contributed by atoms with E-state index in [1.165, 1.54) is 0 Å². The van der Waals surface area contributed by atoms with Crippen LogP contribution in [0.3, 0.4) is 0 Å². The van der Waals surface area contributed by atoms with E-state index in [-0.39, 0.29) is 6.42 Å². The van der Waals surface area contributed by atoms with E-state index in [9.17, 15) is 4.79 Å². The highest BCUT2D eigenvalue weighted by molar-refractivity contribution is 7.15. The van der Waals surface area contributed by atoms with E-state index in [0.717, 1.165) is 26.7 Å². The number of rotatable bonds is 4. The molecule has 0 atom stereocenters. The normalized spacial score (nSPS) is 11.1. The van der Waals surface area contributed by atoms with E-state index in [2.05, 4.69) is 9.97 Å². The molecule has 102 valence electrons. The number of carbonyl (C=O) groups is 1. The summed E-state index contributed by atoms with van der Waals surface area (Å²) in [5.74, 6) is -0.0210. The van der Waals surface area contributed by atoms with Crippen molar-refractivity contribution < 1.29 is 9.90 Å². The number of nitrogens with zero attached hydrogens (tertiary/aromatic N) is 3. The molecule has 6 heteroatoms. The molecule has 1 aromatic carbocycles. The number of hydrogen-bond donors (Lipinski definition) is 1. The van der Waals surface area contributed by atoms with Crippen LogP contribution in [0.1, 0.15) is 11.4 Å². The zero-order valence-corrected chi connectivity index (χ0v) is 11.7. The van der Waals surface area contributed by atoms with Gasteiger partial charge in [0, 0.05) is 12.7 Å². The number of aliphatic carboxylic acids is 1. The van der Waals surface area contributed by atoms with Crippen LogP contribution in [0, 0.1) is 6.92 Å². The van der Waals surface area contributed by atoms with Gasteiger partial charge in [0.15, 0.2) is 5.82 Å². The smallest absolute Gasteiger partial charge is 0.305 e. The van der Waals surface area contributed by atoms with Crippen molar-refractivity contribution in [3.8, 4) is 10.7 Å². The summed E-state index contributed by atoms with van der Waals surface area (Å²) in [4.78, 5) is 20.7. The average molecular weight is 287 g/mol. The molecule has 3 rings (SSSR count). The fourth-order valence-corrected chi connectivity index (χ4v) is 2.94. The quantitative estimate of drug-likeness (QED) is 0.801. The maximum atomic E-state index is 10.8. The number of para-hydroxylation sites is 2. The number of carboxylic acids is 1. The van der Waals surface area contributed by atoms with Gasteiger partial charge in [0.2, 0.25) is 0 Å². The second-order valence-corrected chi connectivity index (χ2v) is 5.70. The largest absolute Gasteiger partial charge is 0.481 e. The van der Waals surface area contributed by atoms with E-state index in [4.69, 9.17) is 5.11 Å². The van der Waals surface area contributed by atoms with Crippen molar-refractivity contribution in [2.75, 3.05) is 0 Å². The summed E-state index contributed by atoms with van der Waals surface area (Å²) in [6.07, 6.45) is 1.86. The molecule has 0 bridgehead atoms. The Hall–Kier alpha value is -2.21. The topological polar surface area (TPSA) is 68.0 Å². The Labute approximate surface area is 119 Å². The summed E-state index contributed by atoms with van der Waals surface area (Å²) < 4.78 is 1.95. The van der Waals surface area contributed by atoms with Gasteiger partial charge >= 0.3 is 5.97 Å². The van der Waals surface area contributed by atoms with E-state index >= 15 is 0 Å². The number of carboxylic acid groups (broad SMARTS) is 1. The fourth-order valence-electron chi connectivity index (χ4n) is 2.16. The van der Waals surface area contributed by atoms with Crippen LogP contribution in [-0.2, 0) is 11.3 Å². The number of imidazole rings is 1. The highest BCUT2D eigenvalue weighted by Gasteiger charge is 2.15. The number of aryl methyl sites for hydroxylation is 2. The van der Waals surface area contributed by atoms with Crippen LogP contribution < -0.4 is 0 Å². The molecular weight excluding hydrogens is 274 g/mol. The molecule has 0 aliphatic carbocycles. The lowest BCUT2D eigenvalue weighted by molar-refractivity contribution is -0.137. The van der Waals surface area contributed by atoms with Crippen LogP contribution in [0.5, 0.6) is 0 Å². The summed E-state index contributed by atoms with van der Waals surface area (Å²) in [7, 11) is 0. The van der Waals surface area contributed by atoms with Gasteiger partial charge in [0.25, 0.3) is 0 Å². The molecular formula is C14H13N3O2S. The lowest BCUT2D eigenvalue weighted by atomic mass is 10.3. The molecule has 0 aliphatic heterocycles. The van der Waals surface area contributed by atoms with Crippen LogP contribution in [0.15, 0.2) is 30.5 Å². The van der Waals surface area contributed by atoms with E-state index < -0.39 is 5.97 Å². The third-order valence-corrected chi connectivity index (χ3v) is 3.95. The minimum atomic E-state index is -0.811. The predicted octanol–water partition coefficient (Wildman–Crippen LogP) is 2.94. The van der Waals surface area contributed by atoms with Gasteiger partial charge in [-0.25, -0.2) is 9.97 Å². The molecule has 20 heavy (non-hydrogen) atoms. The van der Waals surface area contributed by atoms with Crippen molar-refractivity contribution in [1.29, 1.82) is 0 Å². The van der Waals surface area contributed by atoms with Crippen LogP contribution in [0.4, 0.5) is 0 Å². The Balaban J connectivity index is 2.14. The molecule has 0 saturated heterocycles. The van der Waals surface area contributed by atoms with Gasteiger partial charge in [0.1, 0.15) is 0 Å². The number of hydrogen-bond acceptors (Lipinski definition) is 4. The summed E-state index contributed by atoms with van der Waals surface area (Å²) in [6.45, 7) is 2.35. The van der Waals surface area contributed by atoms with Crippen LogP contribution in [0.2, 0.25) is 0 Å². The summed E-state index contributed by atoms with van der Waals surface area (Å²) >= 11 is 1.56. The van der Waals surface area contributed by atoms with Crippen molar-refractivity contribution >= 4 is 28.3 Å². The first-order valence-corrected chi connectivity index (χ1v) is 7.06. The monoisotopic (exact) mass is 287 g/mol. The summed E-state index contributed by atoms with van der Waals surface area (Å²) in [5, 5.41) is 9.88.